The number of thioether (sulfide) groups is 1. The minimum Gasteiger partial charge on any atom is -0.496 e. The largest absolute Gasteiger partial charge is 0.496 e. The zero-order valence-corrected chi connectivity index (χ0v) is 17.9. The first kappa shape index (κ1) is 20.7. The van der Waals surface area contributed by atoms with Crippen LogP contribution in [0.1, 0.15) is 12.5 Å². The van der Waals surface area contributed by atoms with E-state index in [1.54, 1.807) is 14.2 Å². The molecule has 3 rings (SSSR count). The normalized spacial score (nSPS) is 11.8. The van der Waals surface area contributed by atoms with Gasteiger partial charge in [0.2, 0.25) is 5.91 Å². The number of carbonyl (C=O) groups excluding carboxylic acids is 1. The Morgan fingerprint density at radius 3 is 2.55 bits per heavy atom. The molecule has 0 aliphatic rings. The summed E-state index contributed by atoms with van der Waals surface area (Å²) in [6, 6.07) is 13.3. The maximum atomic E-state index is 12.7. The fourth-order valence-corrected chi connectivity index (χ4v) is 3.66. The van der Waals surface area contributed by atoms with Gasteiger partial charge in [0.15, 0.2) is 11.0 Å². The molecule has 0 bridgehead atoms. The maximum Gasteiger partial charge on any atom is 0.237 e. The van der Waals surface area contributed by atoms with Crippen LogP contribution in [0.4, 0.5) is 5.69 Å². The number of aromatic nitrogens is 3. The number of rotatable bonds is 7. The van der Waals surface area contributed by atoms with Crippen molar-refractivity contribution in [2.24, 2.45) is 7.05 Å². The van der Waals surface area contributed by atoms with Crippen molar-refractivity contribution in [1.82, 2.24) is 14.8 Å². The van der Waals surface area contributed by atoms with Crippen LogP contribution in [-0.2, 0) is 11.8 Å². The van der Waals surface area contributed by atoms with Gasteiger partial charge in [-0.15, -0.1) is 10.2 Å². The Morgan fingerprint density at radius 1 is 1.10 bits per heavy atom. The molecule has 29 heavy (non-hydrogen) atoms. The zero-order chi connectivity index (χ0) is 21.0. The van der Waals surface area contributed by atoms with Gasteiger partial charge in [0.1, 0.15) is 11.5 Å². The Kier molecular flexibility index (Phi) is 6.43. The van der Waals surface area contributed by atoms with Crippen molar-refractivity contribution in [1.29, 1.82) is 0 Å². The van der Waals surface area contributed by atoms with Crippen molar-refractivity contribution in [3.8, 4) is 22.9 Å². The molecular weight excluding hydrogens is 388 g/mol. The summed E-state index contributed by atoms with van der Waals surface area (Å²) in [6.07, 6.45) is 0. The van der Waals surface area contributed by atoms with Crippen LogP contribution < -0.4 is 14.8 Å². The number of hydrogen-bond donors (Lipinski definition) is 1. The van der Waals surface area contributed by atoms with Crippen LogP contribution in [0.25, 0.3) is 11.4 Å². The zero-order valence-electron chi connectivity index (χ0n) is 17.1. The van der Waals surface area contributed by atoms with Crippen LogP contribution in [0.2, 0.25) is 0 Å². The van der Waals surface area contributed by atoms with E-state index in [0.29, 0.717) is 22.4 Å². The van der Waals surface area contributed by atoms with E-state index >= 15 is 0 Å². The Labute approximate surface area is 174 Å². The number of ether oxygens (including phenoxy) is 2. The highest BCUT2D eigenvalue weighted by molar-refractivity contribution is 8.00. The summed E-state index contributed by atoms with van der Waals surface area (Å²) in [4.78, 5) is 12.7. The van der Waals surface area contributed by atoms with E-state index in [2.05, 4.69) is 15.5 Å². The topological polar surface area (TPSA) is 78.3 Å². The highest BCUT2D eigenvalue weighted by atomic mass is 32.2. The van der Waals surface area contributed by atoms with Crippen LogP contribution >= 0.6 is 11.8 Å². The number of carbonyl (C=O) groups is 1. The lowest BCUT2D eigenvalue weighted by Crippen LogP contribution is -2.23. The van der Waals surface area contributed by atoms with E-state index in [1.807, 2.05) is 67.9 Å². The molecule has 0 aliphatic carbocycles. The molecule has 1 atom stereocenters. The van der Waals surface area contributed by atoms with Gasteiger partial charge in [-0.25, -0.2) is 0 Å². The monoisotopic (exact) mass is 412 g/mol. The smallest absolute Gasteiger partial charge is 0.237 e. The molecule has 0 radical (unpaired) electrons. The molecule has 3 aromatic rings. The van der Waals surface area contributed by atoms with Gasteiger partial charge in [0, 0.05) is 7.05 Å². The predicted molar refractivity (Wildman–Crippen MR) is 115 cm³/mol. The van der Waals surface area contributed by atoms with E-state index in [9.17, 15) is 4.79 Å². The number of amides is 1. The molecule has 1 N–H and O–H groups in total. The summed E-state index contributed by atoms with van der Waals surface area (Å²) >= 11 is 1.34. The van der Waals surface area contributed by atoms with E-state index in [-0.39, 0.29) is 11.2 Å². The number of benzene rings is 2. The fraction of sp³-hybridized carbons (Fsp3) is 0.286. The van der Waals surface area contributed by atoms with Gasteiger partial charge in [-0.05, 0) is 43.7 Å². The van der Waals surface area contributed by atoms with Crippen molar-refractivity contribution in [3.63, 3.8) is 0 Å². The Balaban J connectivity index is 1.76. The van der Waals surface area contributed by atoms with Gasteiger partial charge in [-0.1, -0.05) is 30.0 Å². The van der Waals surface area contributed by atoms with Crippen molar-refractivity contribution in [2.45, 2.75) is 24.3 Å². The molecule has 0 spiro atoms. The molecule has 152 valence electrons. The number of aryl methyl sites for hydroxylation is 1. The minimum absolute atomic E-state index is 0.138. The predicted octanol–water partition coefficient (Wildman–Crippen LogP) is 3.93. The summed E-state index contributed by atoms with van der Waals surface area (Å²) in [6.45, 7) is 3.80. The average Bonchev–Trinajstić information content (AvgIpc) is 3.08. The highest BCUT2D eigenvalue weighted by Crippen LogP contribution is 2.32. The van der Waals surface area contributed by atoms with Crippen molar-refractivity contribution in [2.75, 3.05) is 19.5 Å². The van der Waals surface area contributed by atoms with E-state index in [1.165, 1.54) is 11.8 Å². The second-order valence-electron chi connectivity index (χ2n) is 6.52. The Morgan fingerprint density at radius 2 is 1.83 bits per heavy atom. The standard InChI is InChI=1S/C21H24N4O3S/c1-13-10-11-18(28-5)16(12-13)22-20(26)14(2)29-21-24-23-19(25(21)3)15-8-6-7-9-17(15)27-4/h6-12,14H,1-5H3,(H,22,26)/t14-/m0/s1. The van der Waals surface area contributed by atoms with Crippen LogP contribution in [0, 0.1) is 6.92 Å². The molecule has 0 unspecified atom stereocenters. The summed E-state index contributed by atoms with van der Waals surface area (Å²) in [5, 5.41) is 11.7. The summed E-state index contributed by atoms with van der Waals surface area (Å²) in [5.74, 6) is 1.88. The van der Waals surface area contributed by atoms with E-state index < -0.39 is 0 Å². The third kappa shape index (κ3) is 4.54. The second-order valence-corrected chi connectivity index (χ2v) is 7.83. The first-order valence-electron chi connectivity index (χ1n) is 9.09. The number of para-hydroxylation sites is 1. The highest BCUT2D eigenvalue weighted by Gasteiger charge is 2.21. The lowest BCUT2D eigenvalue weighted by atomic mass is 10.2. The number of methoxy groups -OCH3 is 2. The van der Waals surface area contributed by atoms with Gasteiger partial charge >= 0.3 is 0 Å². The molecular formula is C21H24N4O3S. The average molecular weight is 413 g/mol. The Hall–Kier alpha value is -3.00. The molecule has 8 heteroatoms. The van der Waals surface area contributed by atoms with Crippen molar-refractivity contribution in [3.05, 3.63) is 48.0 Å². The second kappa shape index (κ2) is 9.00. The Bertz CT molecular complexity index is 1020. The number of anilines is 1. The summed E-state index contributed by atoms with van der Waals surface area (Å²) in [5.41, 5.74) is 2.53. The molecule has 0 saturated carbocycles. The maximum absolute atomic E-state index is 12.7. The first-order chi connectivity index (χ1) is 13.9. The van der Waals surface area contributed by atoms with Crippen LogP contribution in [0.15, 0.2) is 47.6 Å². The number of nitrogens with one attached hydrogen (secondary N) is 1. The molecule has 2 aromatic carbocycles. The van der Waals surface area contributed by atoms with Crippen molar-refractivity contribution < 1.29 is 14.3 Å². The molecule has 0 aliphatic heterocycles. The SMILES string of the molecule is COc1ccc(C)cc1NC(=O)[C@H](C)Sc1nnc(-c2ccccc2OC)n1C. The van der Waals surface area contributed by atoms with Gasteiger partial charge in [-0.3, -0.25) is 4.79 Å². The van der Waals surface area contributed by atoms with Crippen LogP contribution in [0.3, 0.4) is 0 Å². The summed E-state index contributed by atoms with van der Waals surface area (Å²) < 4.78 is 12.6. The van der Waals surface area contributed by atoms with Gasteiger partial charge in [0.25, 0.3) is 0 Å². The molecule has 1 heterocycles. The van der Waals surface area contributed by atoms with Gasteiger partial charge < -0.3 is 19.4 Å². The molecule has 1 amide bonds. The molecule has 0 fully saturated rings. The quantitative estimate of drug-likeness (QED) is 0.593. The fourth-order valence-electron chi connectivity index (χ4n) is 2.85. The number of nitrogens with zero attached hydrogens (tertiary/aromatic N) is 3. The molecule has 1 aromatic heterocycles. The lowest BCUT2D eigenvalue weighted by molar-refractivity contribution is -0.115. The number of hydrogen-bond acceptors (Lipinski definition) is 6. The third-order valence-corrected chi connectivity index (χ3v) is 5.58. The minimum atomic E-state index is -0.381. The first-order valence-corrected chi connectivity index (χ1v) is 9.97. The molecule has 7 nitrogen and oxygen atoms in total. The van der Waals surface area contributed by atoms with E-state index in [0.717, 1.165) is 16.9 Å². The van der Waals surface area contributed by atoms with Crippen LogP contribution in [-0.4, -0.2) is 40.1 Å². The molecule has 0 saturated heterocycles. The van der Waals surface area contributed by atoms with Gasteiger partial charge in [-0.2, -0.15) is 0 Å². The van der Waals surface area contributed by atoms with Crippen LogP contribution in [0.5, 0.6) is 11.5 Å². The van der Waals surface area contributed by atoms with Crippen molar-refractivity contribution >= 4 is 23.4 Å². The summed E-state index contributed by atoms with van der Waals surface area (Å²) in [7, 11) is 5.08. The third-order valence-electron chi connectivity index (χ3n) is 4.45. The van der Waals surface area contributed by atoms with E-state index in [4.69, 9.17) is 9.47 Å². The van der Waals surface area contributed by atoms with Gasteiger partial charge in [0.05, 0.1) is 30.7 Å². The lowest BCUT2D eigenvalue weighted by Gasteiger charge is -2.14.